The third-order valence-corrected chi connectivity index (χ3v) is 6.58. The van der Waals surface area contributed by atoms with E-state index in [0.29, 0.717) is 18.4 Å². The Kier molecular flexibility index (Phi) is 3.72. The van der Waals surface area contributed by atoms with Crippen LogP contribution in [0, 0.1) is 12.8 Å². The van der Waals surface area contributed by atoms with Gasteiger partial charge in [0, 0.05) is 16.7 Å². The monoisotopic (exact) mass is 365 g/mol. The van der Waals surface area contributed by atoms with Gasteiger partial charge in [0.15, 0.2) is 5.54 Å². The van der Waals surface area contributed by atoms with Gasteiger partial charge in [-0.05, 0) is 54.3 Å². The van der Waals surface area contributed by atoms with Gasteiger partial charge in [0.2, 0.25) is 5.91 Å². The maximum atomic E-state index is 14.0. The van der Waals surface area contributed by atoms with Crippen LogP contribution in [0.3, 0.4) is 0 Å². The molecule has 0 spiro atoms. The van der Waals surface area contributed by atoms with E-state index in [1.165, 1.54) is 6.07 Å². The van der Waals surface area contributed by atoms with Gasteiger partial charge in [-0.25, -0.2) is 0 Å². The number of halogens is 3. The Hall–Kier alpha value is -1.82. The number of amides is 1. The van der Waals surface area contributed by atoms with E-state index in [0.717, 1.165) is 10.4 Å². The van der Waals surface area contributed by atoms with Gasteiger partial charge in [-0.3, -0.25) is 4.79 Å². The molecule has 0 bridgehead atoms. The standard InChI is InChI=1S/C19H18F3NOS/c1-11-7-9-25-16(11)13-10-14(13)17(24)23-18(19(20,21)22)8-6-12-4-2-3-5-15(12)18/h2-5,7,9,13-14H,6,8,10H2,1H3,(H,23,24)/t13-,14+,18+/m1/s1. The molecule has 1 N–H and O–H groups in total. The molecule has 0 aliphatic heterocycles. The quantitative estimate of drug-likeness (QED) is 0.841. The van der Waals surface area contributed by atoms with Gasteiger partial charge in [-0.1, -0.05) is 24.3 Å². The van der Waals surface area contributed by atoms with Crippen molar-refractivity contribution in [2.45, 2.75) is 43.8 Å². The Morgan fingerprint density at radius 3 is 2.72 bits per heavy atom. The molecule has 6 heteroatoms. The van der Waals surface area contributed by atoms with E-state index in [9.17, 15) is 18.0 Å². The highest BCUT2D eigenvalue weighted by atomic mass is 32.1. The van der Waals surface area contributed by atoms with Crippen LogP contribution in [-0.2, 0) is 16.8 Å². The first-order valence-corrected chi connectivity index (χ1v) is 9.22. The number of aryl methyl sites for hydroxylation is 2. The van der Waals surface area contributed by atoms with Gasteiger partial charge < -0.3 is 5.32 Å². The molecule has 1 amide bonds. The zero-order chi connectivity index (χ0) is 17.8. The molecular formula is C19H18F3NOS. The summed E-state index contributed by atoms with van der Waals surface area (Å²) in [6, 6.07) is 8.53. The number of rotatable bonds is 3. The predicted molar refractivity (Wildman–Crippen MR) is 90.5 cm³/mol. The highest BCUT2D eigenvalue weighted by molar-refractivity contribution is 7.10. The van der Waals surface area contributed by atoms with Crippen LogP contribution in [-0.4, -0.2) is 12.1 Å². The molecule has 0 unspecified atom stereocenters. The molecule has 1 fully saturated rings. The molecule has 1 aromatic carbocycles. The lowest BCUT2D eigenvalue weighted by molar-refractivity contribution is -0.202. The normalized spacial score (nSPS) is 27.8. The van der Waals surface area contributed by atoms with Crippen molar-refractivity contribution in [3.8, 4) is 0 Å². The summed E-state index contributed by atoms with van der Waals surface area (Å²) in [5, 5.41) is 4.36. The highest BCUT2D eigenvalue weighted by Gasteiger charge is 2.61. The molecule has 1 heterocycles. The molecule has 132 valence electrons. The summed E-state index contributed by atoms with van der Waals surface area (Å²) in [4.78, 5) is 13.8. The SMILES string of the molecule is Cc1ccsc1[C@@H]1C[C@@H]1C(=O)N[C@@]1(C(F)(F)F)CCc2ccccc21. The number of carbonyl (C=O) groups excluding carboxylic acids is 1. The minimum Gasteiger partial charge on any atom is -0.338 e. The van der Waals surface area contributed by atoms with Gasteiger partial charge in [0.25, 0.3) is 0 Å². The number of thiophene rings is 1. The van der Waals surface area contributed by atoms with Gasteiger partial charge in [-0.15, -0.1) is 11.3 Å². The number of nitrogens with one attached hydrogen (secondary N) is 1. The van der Waals surface area contributed by atoms with Gasteiger partial charge in [-0.2, -0.15) is 13.2 Å². The molecule has 2 aliphatic rings. The average Bonchev–Trinajstić information content (AvgIpc) is 3.10. The molecule has 1 aromatic heterocycles. The molecule has 3 atom stereocenters. The topological polar surface area (TPSA) is 29.1 Å². The second kappa shape index (κ2) is 5.59. The van der Waals surface area contributed by atoms with Crippen molar-refractivity contribution in [1.82, 2.24) is 5.32 Å². The minimum absolute atomic E-state index is 0.0573. The van der Waals surface area contributed by atoms with Gasteiger partial charge in [0.1, 0.15) is 0 Å². The predicted octanol–water partition coefficient (Wildman–Crippen LogP) is 4.68. The maximum absolute atomic E-state index is 14.0. The molecule has 2 nitrogen and oxygen atoms in total. The molecular weight excluding hydrogens is 347 g/mol. The number of hydrogen-bond donors (Lipinski definition) is 1. The van der Waals surface area contributed by atoms with Crippen molar-refractivity contribution in [2.24, 2.45) is 5.92 Å². The fraction of sp³-hybridized carbons (Fsp3) is 0.421. The van der Waals surface area contributed by atoms with Gasteiger partial charge in [0.05, 0.1) is 0 Å². The Morgan fingerprint density at radius 1 is 1.28 bits per heavy atom. The molecule has 1 saturated carbocycles. The third-order valence-electron chi connectivity index (χ3n) is 5.43. The smallest absolute Gasteiger partial charge is 0.338 e. The van der Waals surface area contributed by atoms with Crippen LogP contribution in [0.5, 0.6) is 0 Å². The van der Waals surface area contributed by atoms with E-state index in [4.69, 9.17) is 0 Å². The van der Waals surface area contributed by atoms with Crippen LogP contribution in [0.15, 0.2) is 35.7 Å². The van der Waals surface area contributed by atoms with Crippen LogP contribution in [0.1, 0.15) is 40.3 Å². The number of benzene rings is 1. The zero-order valence-corrected chi connectivity index (χ0v) is 14.5. The lowest BCUT2D eigenvalue weighted by atomic mass is 9.90. The van der Waals surface area contributed by atoms with Gasteiger partial charge >= 0.3 is 6.18 Å². The first-order valence-electron chi connectivity index (χ1n) is 8.34. The summed E-state index contributed by atoms with van der Waals surface area (Å²) in [5.74, 6) is -0.780. The van der Waals surface area contributed by atoms with Crippen molar-refractivity contribution in [3.63, 3.8) is 0 Å². The Bertz CT molecular complexity index is 828. The molecule has 2 aromatic rings. The second-order valence-electron chi connectivity index (χ2n) is 6.97. The molecule has 0 radical (unpaired) electrons. The minimum atomic E-state index is -4.52. The number of carbonyl (C=O) groups is 1. The van der Waals surface area contributed by atoms with E-state index < -0.39 is 17.6 Å². The lowest BCUT2D eigenvalue weighted by Crippen LogP contribution is -2.55. The second-order valence-corrected chi connectivity index (χ2v) is 7.91. The Balaban J connectivity index is 1.60. The van der Waals surface area contributed by atoms with E-state index in [1.807, 2.05) is 18.4 Å². The van der Waals surface area contributed by atoms with Crippen molar-refractivity contribution in [3.05, 3.63) is 57.3 Å². The van der Waals surface area contributed by atoms with E-state index >= 15 is 0 Å². The van der Waals surface area contributed by atoms with Crippen LogP contribution in [0.25, 0.3) is 0 Å². The van der Waals surface area contributed by atoms with Crippen molar-refractivity contribution >= 4 is 17.2 Å². The van der Waals surface area contributed by atoms with Crippen molar-refractivity contribution in [1.29, 1.82) is 0 Å². The summed E-state index contributed by atoms with van der Waals surface area (Å²) in [6.45, 7) is 1.98. The molecule has 2 aliphatic carbocycles. The largest absolute Gasteiger partial charge is 0.415 e. The molecule has 0 saturated heterocycles. The number of hydrogen-bond acceptors (Lipinski definition) is 2. The first-order chi connectivity index (χ1) is 11.8. The maximum Gasteiger partial charge on any atom is 0.415 e. The first kappa shape index (κ1) is 16.6. The summed E-state index contributed by atoms with van der Waals surface area (Å²) >= 11 is 1.58. The van der Waals surface area contributed by atoms with E-state index in [1.54, 1.807) is 29.5 Å². The highest BCUT2D eigenvalue weighted by Crippen LogP contribution is 2.53. The fourth-order valence-electron chi connectivity index (χ4n) is 3.95. The van der Waals surface area contributed by atoms with E-state index in [2.05, 4.69) is 5.32 Å². The summed E-state index contributed by atoms with van der Waals surface area (Å²) < 4.78 is 41.9. The Morgan fingerprint density at radius 2 is 2.04 bits per heavy atom. The summed E-state index contributed by atoms with van der Waals surface area (Å²) in [5.41, 5.74) is -0.276. The van der Waals surface area contributed by atoms with E-state index in [-0.39, 0.29) is 23.8 Å². The zero-order valence-electron chi connectivity index (χ0n) is 13.7. The lowest BCUT2D eigenvalue weighted by Gasteiger charge is -2.34. The average molecular weight is 365 g/mol. The molecule has 25 heavy (non-hydrogen) atoms. The van der Waals surface area contributed by atoms with Crippen LogP contribution < -0.4 is 5.32 Å². The Labute approximate surface area is 148 Å². The summed E-state index contributed by atoms with van der Waals surface area (Å²) in [6.07, 6.45) is -3.69. The molecule has 4 rings (SSSR count). The van der Waals surface area contributed by atoms with Crippen molar-refractivity contribution < 1.29 is 18.0 Å². The van der Waals surface area contributed by atoms with Crippen LogP contribution >= 0.6 is 11.3 Å². The van der Waals surface area contributed by atoms with Crippen LogP contribution in [0.4, 0.5) is 13.2 Å². The number of alkyl halides is 3. The number of fused-ring (bicyclic) bond motifs is 1. The van der Waals surface area contributed by atoms with Crippen molar-refractivity contribution in [2.75, 3.05) is 0 Å². The third kappa shape index (κ3) is 2.58. The fourth-order valence-corrected chi connectivity index (χ4v) is 5.06. The van der Waals surface area contributed by atoms with Crippen LogP contribution in [0.2, 0.25) is 0 Å². The summed E-state index contributed by atoms with van der Waals surface area (Å²) in [7, 11) is 0.